The van der Waals surface area contributed by atoms with Gasteiger partial charge in [-0.25, -0.2) is 0 Å². The number of rotatable bonds is 1. The molecule has 0 atom stereocenters. The second-order valence-corrected chi connectivity index (χ2v) is 4.73. The van der Waals surface area contributed by atoms with Crippen LogP contribution in [0.15, 0.2) is 0 Å². The maximum absolute atomic E-state index is 12.1. The van der Waals surface area contributed by atoms with Crippen molar-refractivity contribution in [2.45, 2.75) is 25.4 Å². The van der Waals surface area contributed by atoms with Crippen molar-refractivity contribution in [1.29, 1.82) is 5.26 Å². The lowest BCUT2D eigenvalue weighted by atomic mass is 10.1. The Bertz CT molecular complexity index is 513. The molecule has 0 fully saturated rings. The number of carbonyl (C=O) groups excluding carboxylic acids is 1. The predicted octanol–water partition coefficient (Wildman–Crippen LogP) is 2.61. The molecule has 0 unspecified atom stereocenters. The van der Waals surface area contributed by atoms with Crippen molar-refractivity contribution in [3.05, 3.63) is 16.0 Å². The molecule has 0 spiro atoms. The highest BCUT2D eigenvalue weighted by molar-refractivity contribution is 7.16. The summed E-state index contributed by atoms with van der Waals surface area (Å²) < 4.78 is 36.3. The van der Waals surface area contributed by atoms with Crippen LogP contribution in [0, 0.1) is 11.3 Å². The number of thiophene rings is 1. The van der Waals surface area contributed by atoms with Gasteiger partial charge in [0, 0.05) is 4.88 Å². The molecule has 1 aliphatic rings. The standard InChI is InChI=1S/C10H7F3N2OS/c11-10(12,13)9(16)15-8-6(4-14)5-2-1-3-7(5)17-8/h1-3H2,(H,15,16). The Morgan fingerprint density at radius 2 is 2.12 bits per heavy atom. The largest absolute Gasteiger partial charge is 0.471 e. The van der Waals surface area contributed by atoms with Crippen molar-refractivity contribution in [3.63, 3.8) is 0 Å². The van der Waals surface area contributed by atoms with Crippen LogP contribution in [-0.4, -0.2) is 12.1 Å². The highest BCUT2D eigenvalue weighted by Crippen LogP contribution is 2.39. The van der Waals surface area contributed by atoms with Gasteiger partial charge in [0.25, 0.3) is 0 Å². The average Bonchev–Trinajstić information content (AvgIpc) is 2.75. The summed E-state index contributed by atoms with van der Waals surface area (Å²) in [4.78, 5) is 11.7. The van der Waals surface area contributed by atoms with Crippen molar-refractivity contribution in [3.8, 4) is 6.07 Å². The van der Waals surface area contributed by atoms with Gasteiger partial charge in [-0.1, -0.05) is 0 Å². The van der Waals surface area contributed by atoms with Crippen LogP contribution < -0.4 is 5.32 Å². The molecule has 1 amide bonds. The first-order valence-corrected chi connectivity index (χ1v) is 5.68. The summed E-state index contributed by atoms with van der Waals surface area (Å²) in [6.07, 6.45) is -2.57. The van der Waals surface area contributed by atoms with Crippen molar-refractivity contribution < 1.29 is 18.0 Å². The van der Waals surface area contributed by atoms with Crippen molar-refractivity contribution in [2.75, 3.05) is 5.32 Å². The summed E-state index contributed by atoms with van der Waals surface area (Å²) >= 11 is 1.06. The topological polar surface area (TPSA) is 52.9 Å². The quantitative estimate of drug-likeness (QED) is 0.843. The first kappa shape index (κ1) is 11.9. The highest BCUT2D eigenvalue weighted by atomic mass is 32.1. The number of amides is 1. The van der Waals surface area contributed by atoms with Gasteiger partial charge in [-0.05, 0) is 24.8 Å². The van der Waals surface area contributed by atoms with Crippen LogP contribution in [-0.2, 0) is 17.6 Å². The number of carbonyl (C=O) groups is 1. The SMILES string of the molecule is N#Cc1c(NC(=O)C(F)(F)F)sc2c1CCC2. The minimum Gasteiger partial charge on any atom is -0.309 e. The zero-order valence-corrected chi connectivity index (χ0v) is 9.34. The van der Waals surface area contributed by atoms with E-state index in [0.717, 1.165) is 34.6 Å². The Kier molecular flexibility index (Phi) is 2.83. The summed E-state index contributed by atoms with van der Waals surface area (Å²) in [5.41, 5.74) is 0.968. The van der Waals surface area contributed by atoms with Crippen LogP contribution >= 0.6 is 11.3 Å². The third kappa shape index (κ3) is 2.13. The molecule has 2 rings (SSSR count). The number of hydrogen-bond donors (Lipinski definition) is 1. The number of halogens is 3. The molecule has 90 valence electrons. The fraction of sp³-hybridized carbons (Fsp3) is 0.400. The van der Waals surface area contributed by atoms with Crippen LogP contribution in [0.3, 0.4) is 0 Å². The molecule has 1 aromatic rings. The molecule has 7 heteroatoms. The Balaban J connectivity index is 2.29. The first-order valence-electron chi connectivity index (χ1n) is 4.86. The van der Waals surface area contributed by atoms with Gasteiger partial charge in [0.2, 0.25) is 0 Å². The molecule has 0 aromatic carbocycles. The van der Waals surface area contributed by atoms with E-state index in [2.05, 4.69) is 0 Å². The molecule has 17 heavy (non-hydrogen) atoms. The smallest absolute Gasteiger partial charge is 0.309 e. The third-order valence-corrected chi connectivity index (χ3v) is 3.72. The van der Waals surface area contributed by atoms with Gasteiger partial charge in [0.05, 0.1) is 5.56 Å². The van der Waals surface area contributed by atoms with Crippen LogP contribution in [0.2, 0.25) is 0 Å². The Morgan fingerprint density at radius 1 is 1.41 bits per heavy atom. The van der Waals surface area contributed by atoms with E-state index in [1.807, 2.05) is 6.07 Å². The number of hydrogen-bond acceptors (Lipinski definition) is 3. The molecule has 0 saturated heterocycles. The van der Waals surface area contributed by atoms with E-state index in [1.54, 1.807) is 5.32 Å². The van der Waals surface area contributed by atoms with Crippen LogP contribution in [0.25, 0.3) is 0 Å². The maximum atomic E-state index is 12.1. The fourth-order valence-electron chi connectivity index (χ4n) is 1.78. The zero-order valence-electron chi connectivity index (χ0n) is 8.52. The summed E-state index contributed by atoms with van der Waals surface area (Å²) in [5, 5.41) is 10.7. The molecule has 1 aliphatic carbocycles. The van der Waals surface area contributed by atoms with E-state index in [4.69, 9.17) is 5.26 Å². The molecule has 1 N–H and O–H groups in total. The van der Waals surface area contributed by atoms with Crippen LogP contribution in [0.1, 0.15) is 22.4 Å². The van der Waals surface area contributed by atoms with E-state index in [-0.39, 0.29) is 10.6 Å². The van der Waals surface area contributed by atoms with E-state index in [0.29, 0.717) is 6.42 Å². The van der Waals surface area contributed by atoms with Gasteiger partial charge in [-0.15, -0.1) is 11.3 Å². The van der Waals surface area contributed by atoms with Crippen molar-refractivity contribution >= 4 is 22.2 Å². The summed E-state index contributed by atoms with van der Waals surface area (Å²) in [5.74, 6) is -2.03. The molecule has 0 bridgehead atoms. The number of fused-ring (bicyclic) bond motifs is 1. The van der Waals surface area contributed by atoms with Gasteiger partial charge in [-0.2, -0.15) is 18.4 Å². The Morgan fingerprint density at radius 3 is 2.71 bits per heavy atom. The lowest BCUT2D eigenvalue weighted by Gasteiger charge is -2.06. The summed E-state index contributed by atoms with van der Waals surface area (Å²) in [6, 6.07) is 1.86. The average molecular weight is 260 g/mol. The first-order chi connectivity index (χ1) is 7.93. The summed E-state index contributed by atoms with van der Waals surface area (Å²) in [6.45, 7) is 0. The zero-order chi connectivity index (χ0) is 12.6. The van der Waals surface area contributed by atoms with Gasteiger partial charge in [-0.3, -0.25) is 4.79 Å². The molecule has 1 aromatic heterocycles. The Labute approximate surface area is 98.9 Å². The van der Waals surface area contributed by atoms with E-state index in [9.17, 15) is 18.0 Å². The minimum absolute atomic E-state index is 0.0134. The number of nitrogens with one attached hydrogen (secondary N) is 1. The Hall–Kier alpha value is -1.55. The minimum atomic E-state index is -4.93. The number of anilines is 1. The lowest BCUT2D eigenvalue weighted by Crippen LogP contribution is -2.29. The van der Waals surface area contributed by atoms with Crippen LogP contribution in [0.5, 0.6) is 0 Å². The molecular formula is C10H7F3N2OS. The van der Waals surface area contributed by atoms with Gasteiger partial charge < -0.3 is 5.32 Å². The van der Waals surface area contributed by atoms with Crippen LogP contribution in [0.4, 0.5) is 18.2 Å². The maximum Gasteiger partial charge on any atom is 0.471 e. The third-order valence-electron chi connectivity index (χ3n) is 2.52. The monoisotopic (exact) mass is 260 g/mol. The predicted molar refractivity (Wildman–Crippen MR) is 55.7 cm³/mol. The summed E-state index contributed by atoms with van der Waals surface area (Å²) in [7, 11) is 0. The lowest BCUT2D eigenvalue weighted by molar-refractivity contribution is -0.167. The highest BCUT2D eigenvalue weighted by Gasteiger charge is 2.39. The molecule has 0 saturated carbocycles. The van der Waals surface area contributed by atoms with Crippen molar-refractivity contribution in [2.24, 2.45) is 0 Å². The molecular weight excluding hydrogens is 253 g/mol. The van der Waals surface area contributed by atoms with E-state index >= 15 is 0 Å². The molecule has 3 nitrogen and oxygen atoms in total. The number of nitrogens with zero attached hydrogens (tertiary/aromatic N) is 1. The molecule has 1 heterocycles. The van der Waals surface area contributed by atoms with Gasteiger partial charge >= 0.3 is 12.1 Å². The fourth-order valence-corrected chi connectivity index (χ4v) is 3.02. The van der Waals surface area contributed by atoms with Gasteiger partial charge in [0.15, 0.2) is 0 Å². The van der Waals surface area contributed by atoms with Gasteiger partial charge in [0.1, 0.15) is 11.1 Å². The molecule has 0 aliphatic heterocycles. The number of alkyl halides is 3. The van der Waals surface area contributed by atoms with E-state index in [1.165, 1.54) is 0 Å². The molecule has 0 radical (unpaired) electrons. The second-order valence-electron chi connectivity index (χ2n) is 3.63. The number of aryl methyl sites for hydroxylation is 1. The van der Waals surface area contributed by atoms with E-state index < -0.39 is 12.1 Å². The van der Waals surface area contributed by atoms with Crippen molar-refractivity contribution in [1.82, 2.24) is 0 Å². The second kappa shape index (κ2) is 4.04. The number of nitriles is 1. The normalized spacial score (nSPS) is 14.2.